The highest BCUT2D eigenvalue weighted by Crippen LogP contribution is 2.29. The molecule has 168 valence electrons. The Labute approximate surface area is 179 Å². The SMILES string of the molecule is CCCCCCCc1cccc(CCCCCCC)c1OC(CC)CS(=O)(=O)O. The molecule has 29 heavy (non-hydrogen) atoms. The van der Waals surface area contributed by atoms with Gasteiger partial charge in [0.1, 0.15) is 17.6 Å². The summed E-state index contributed by atoms with van der Waals surface area (Å²) in [5, 5.41) is 0. The highest BCUT2D eigenvalue weighted by Gasteiger charge is 2.20. The molecule has 5 heteroatoms. The van der Waals surface area contributed by atoms with Gasteiger partial charge in [0.05, 0.1) is 0 Å². The van der Waals surface area contributed by atoms with Gasteiger partial charge in [-0.3, -0.25) is 4.55 Å². The molecule has 0 aliphatic heterocycles. The summed E-state index contributed by atoms with van der Waals surface area (Å²) in [6.07, 6.45) is 14.1. The number of hydrogen-bond acceptors (Lipinski definition) is 3. The molecule has 0 radical (unpaired) electrons. The molecule has 0 saturated carbocycles. The Morgan fingerprint density at radius 2 is 1.31 bits per heavy atom. The van der Waals surface area contributed by atoms with Crippen LogP contribution in [-0.2, 0) is 23.0 Å². The van der Waals surface area contributed by atoms with Gasteiger partial charge in [-0.1, -0.05) is 90.3 Å². The minimum absolute atomic E-state index is 0.357. The van der Waals surface area contributed by atoms with Crippen LogP contribution in [0.4, 0.5) is 0 Å². The monoisotopic (exact) mass is 426 g/mol. The second-order valence-corrected chi connectivity index (χ2v) is 9.63. The number of hydrogen-bond donors (Lipinski definition) is 1. The van der Waals surface area contributed by atoms with Crippen molar-refractivity contribution >= 4 is 10.1 Å². The van der Waals surface area contributed by atoms with Crippen LogP contribution >= 0.6 is 0 Å². The van der Waals surface area contributed by atoms with Gasteiger partial charge in [-0.25, -0.2) is 0 Å². The van der Waals surface area contributed by atoms with Crippen LogP contribution in [0.5, 0.6) is 5.75 Å². The van der Waals surface area contributed by atoms with Crippen molar-refractivity contribution in [1.29, 1.82) is 0 Å². The lowest BCUT2D eigenvalue weighted by Crippen LogP contribution is -2.26. The van der Waals surface area contributed by atoms with Crippen molar-refractivity contribution in [3.05, 3.63) is 29.3 Å². The van der Waals surface area contributed by atoms with Gasteiger partial charge in [0.15, 0.2) is 0 Å². The van der Waals surface area contributed by atoms with Crippen LogP contribution < -0.4 is 4.74 Å². The molecule has 0 fully saturated rings. The van der Waals surface area contributed by atoms with Crippen molar-refractivity contribution in [3.8, 4) is 5.75 Å². The molecule has 0 saturated heterocycles. The Balaban J connectivity index is 2.90. The van der Waals surface area contributed by atoms with Crippen molar-refractivity contribution < 1.29 is 17.7 Å². The first-order valence-corrected chi connectivity index (χ1v) is 13.2. The molecule has 1 rings (SSSR count). The first-order chi connectivity index (χ1) is 13.9. The van der Waals surface area contributed by atoms with E-state index in [0.29, 0.717) is 6.42 Å². The molecule has 4 nitrogen and oxygen atoms in total. The Hall–Kier alpha value is -1.07. The zero-order chi connectivity index (χ0) is 21.5. The molecule has 1 atom stereocenters. The second kappa shape index (κ2) is 14.8. The molecule has 0 amide bonds. The fraction of sp³-hybridized carbons (Fsp3) is 0.750. The molecular formula is C24H42O4S. The smallest absolute Gasteiger partial charge is 0.268 e. The van der Waals surface area contributed by atoms with Crippen molar-refractivity contribution in [2.45, 2.75) is 110 Å². The molecular weight excluding hydrogens is 384 g/mol. The van der Waals surface area contributed by atoms with Crippen LogP contribution in [0, 0.1) is 0 Å². The van der Waals surface area contributed by atoms with E-state index >= 15 is 0 Å². The number of rotatable bonds is 17. The summed E-state index contributed by atoms with van der Waals surface area (Å²) in [4.78, 5) is 0. The van der Waals surface area contributed by atoms with E-state index in [9.17, 15) is 13.0 Å². The van der Waals surface area contributed by atoms with Crippen LogP contribution in [0.25, 0.3) is 0 Å². The highest BCUT2D eigenvalue weighted by atomic mass is 32.2. The van der Waals surface area contributed by atoms with E-state index in [0.717, 1.165) is 31.4 Å². The van der Waals surface area contributed by atoms with Crippen LogP contribution in [0.15, 0.2) is 18.2 Å². The maximum Gasteiger partial charge on any atom is 0.268 e. The van der Waals surface area contributed by atoms with Gasteiger partial charge in [0.2, 0.25) is 0 Å². The molecule has 1 N–H and O–H groups in total. The van der Waals surface area contributed by atoms with Crippen LogP contribution in [-0.4, -0.2) is 24.8 Å². The van der Waals surface area contributed by atoms with Crippen molar-refractivity contribution in [2.75, 3.05) is 5.75 Å². The molecule has 0 heterocycles. The first-order valence-electron chi connectivity index (χ1n) is 11.6. The topological polar surface area (TPSA) is 63.6 Å². The van der Waals surface area contributed by atoms with Gasteiger partial charge in [0, 0.05) is 0 Å². The van der Waals surface area contributed by atoms with Crippen LogP contribution in [0.3, 0.4) is 0 Å². The molecule has 1 unspecified atom stereocenters. The van der Waals surface area contributed by atoms with Gasteiger partial charge >= 0.3 is 0 Å². The lowest BCUT2D eigenvalue weighted by molar-refractivity contribution is 0.212. The minimum atomic E-state index is -4.06. The van der Waals surface area contributed by atoms with E-state index in [-0.39, 0.29) is 5.75 Å². The zero-order valence-electron chi connectivity index (χ0n) is 18.8. The second-order valence-electron chi connectivity index (χ2n) is 8.13. The van der Waals surface area contributed by atoms with E-state index in [2.05, 4.69) is 32.0 Å². The predicted molar refractivity (Wildman–Crippen MR) is 122 cm³/mol. The van der Waals surface area contributed by atoms with Gasteiger partial charge < -0.3 is 4.74 Å². The van der Waals surface area contributed by atoms with Crippen molar-refractivity contribution in [2.24, 2.45) is 0 Å². The molecule has 0 spiro atoms. The maximum atomic E-state index is 11.4. The highest BCUT2D eigenvalue weighted by molar-refractivity contribution is 7.85. The van der Waals surface area contributed by atoms with E-state index in [1.54, 1.807) is 0 Å². The van der Waals surface area contributed by atoms with E-state index in [1.807, 2.05) is 6.92 Å². The number of benzene rings is 1. The lowest BCUT2D eigenvalue weighted by atomic mass is 9.98. The fourth-order valence-corrected chi connectivity index (χ4v) is 4.43. The fourth-order valence-electron chi connectivity index (χ4n) is 3.66. The summed E-state index contributed by atoms with van der Waals surface area (Å²) >= 11 is 0. The summed E-state index contributed by atoms with van der Waals surface area (Å²) in [6, 6.07) is 6.31. The average Bonchev–Trinajstić information content (AvgIpc) is 2.67. The third-order valence-corrected chi connectivity index (χ3v) is 6.21. The first kappa shape index (κ1) is 26.0. The van der Waals surface area contributed by atoms with E-state index < -0.39 is 16.2 Å². The van der Waals surface area contributed by atoms with Gasteiger partial charge in [-0.05, 0) is 43.2 Å². The average molecular weight is 427 g/mol. The molecule has 0 aliphatic carbocycles. The van der Waals surface area contributed by atoms with Crippen molar-refractivity contribution in [3.63, 3.8) is 0 Å². The largest absolute Gasteiger partial charge is 0.489 e. The predicted octanol–water partition coefficient (Wildman–Crippen LogP) is 6.76. The third-order valence-electron chi connectivity index (χ3n) is 5.41. The number of para-hydroxylation sites is 1. The van der Waals surface area contributed by atoms with Gasteiger partial charge in [-0.2, -0.15) is 8.42 Å². The van der Waals surface area contributed by atoms with Crippen LogP contribution in [0.2, 0.25) is 0 Å². The third kappa shape index (κ3) is 11.6. The molecule has 1 aromatic rings. The Kier molecular flexibility index (Phi) is 13.3. The number of aryl methyl sites for hydroxylation is 2. The number of ether oxygens (including phenoxy) is 1. The van der Waals surface area contributed by atoms with E-state index in [4.69, 9.17) is 4.74 Å². The van der Waals surface area contributed by atoms with Crippen LogP contribution in [0.1, 0.15) is 103 Å². The maximum absolute atomic E-state index is 11.4. The summed E-state index contributed by atoms with van der Waals surface area (Å²) in [7, 11) is -4.06. The molecule has 0 aliphatic rings. The minimum Gasteiger partial charge on any atom is -0.489 e. The Morgan fingerprint density at radius 1 is 0.828 bits per heavy atom. The zero-order valence-corrected chi connectivity index (χ0v) is 19.6. The standard InChI is InChI=1S/C24H42O4S/c1-4-7-9-11-13-16-21-18-15-19-22(17-14-12-10-8-5-2)24(21)28-23(6-3)20-29(25,26)27/h15,18-19,23H,4-14,16-17,20H2,1-3H3,(H,25,26,27). The summed E-state index contributed by atoms with van der Waals surface area (Å²) in [5.41, 5.74) is 2.34. The molecule has 1 aromatic carbocycles. The normalized spacial score (nSPS) is 12.8. The van der Waals surface area contributed by atoms with E-state index in [1.165, 1.54) is 62.5 Å². The van der Waals surface area contributed by atoms with Crippen molar-refractivity contribution in [1.82, 2.24) is 0 Å². The Morgan fingerprint density at radius 3 is 1.72 bits per heavy atom. The summed E-state index contributed by atoms with van der Waals surface area (Å²) in [6.45, 7) is 6.33. The number of unbranched alkanes of at least 4 members (excludes halogenated alkanes) is 8. The summed E-state index contributed by atoms with van der Waals surface area (Å²) in [5.74, 6) is 0.499. The van der Waals surface area contributed by atoms with Gasteiger partial charge in [-0.15, -0.1) is 0 Å². The summed E-state index contributed by atoms with van der Waals surface area (Å²) < 4.78 is 38.3. The molecule has 0 aromatic heterocycles. The quantitative estimate of drug-likeness (QED) is 0.221. The Bertz CT molecular complexity index is 623. The molecule has 0 bridgehead atoms. The van der Waals surface area contributed by atoms with Gasteiger partial charge in [0.25, 0.3) is 10.1 Å². The lowest BCUT2D eigenvalue weighted by Gasteiger charge is -2.22.